The van der Waals surface area contributed by atoms with E-state index < -0.39 is 0 Å². The third-order valence-corrected chi connectivity index (χ3v) is 5.93. The number of amides is 1. The van der Waals surface area contributed by atoms with Crippen LogP contribution in [0.1, 0.15) is 52.1 Å². The lowest BCUT2D eigenvalue weighted by Gasteiger charge is -2.40. The number of ether oxygens (including phenoxy) is 1. The summed E-state index contributed by atoms with van der Waals surface area (Å²) in [4.78, 5) is 31.7. The van der Waals surface area contributed by atoms with Crippen LogP contribution in [0.25, 0.3) is 0 Å². The van der Waals surface area contributed by atoms with Gasteiger partial charge in [0.2, 0.25) is 5.91 Å². The number of hydrogen-bond acceptors (Lipinski definition) is 6. The predicted octanol–water partition coefficient (Wildman–Crippen LogP) is 4.36. The van der Waals surface area contributed by atoms with Crippen LogP contribution in [-0.4, -0.2) is 40.8 Å². The molecule has 0 saturated carbocycles. The SMILES string of the molecule is CCOC(=O)C1=C(C)N=C2SCCCN2[C@H]1c1ccc(NC(=O)CC(C)C)cc1. The summed E-state index contributed by atoms with van der Waals surface area (Å²) < 4.78 is 5.34. The molecule has 1 N–H and O–H groups in total. The molecule has 0 radical (unpaired) electrons. The molecule has 0 aliphatic carbocycles. The molecule has 1 aromatic rings. The highest BCUT2D eigenvalue weighted by atomic mass is 32.2. The monoisotopic (exact) mass is 415 g/mol. The standard InChI is InChI=1S/C22H29N3O3S/c1-5-28-21(27)19-15(4)23-22-25(11-6-12-29-22)20(19)16-7-9-17(10-8-16)24-18(26)13-14(2)3/h7-10,14,20H,5-6,11-13H2,1-4H3,(H,24,26)/t20-/m0/s1. The third-order valence-electron chi connectivity index (χ3n) is 4.86. The summed E-state index contributed by atoms with van der Waals surface area (Å²) in [5.41, 5.74) is 3.05. The Morgan fingerprint density at radius 3 is 2.69 bits per heavy atom. The molecular weight excluding hydrogens is 386 g/mol. The van der Waals surface area contributed by atoms with E-state index in [4.69, 9.17) is 4.74 Å². The first-order chi connectivity index (χ1) is 13.9. The van der Waals surface area contributed by atoms with Gasteiger partial charge in [0, 0.05) is 24.4 Å². The number of benzene rings is 1. The molecule has 0 bridgehead atoms. The lowest BCUT2D eigenvalue weighted by Crippen LogP contribution is -2.42. The van der Waals surface area contributed by atoms with E-state index in [0.29, 0.717) is 30.2 Å². The third kappa shape index (κ3) is 5.01. The van der Waals surface area contributed by atoms with Crippen LogP contribution in [0.5, 0.6) is 0 Å². The molecule has 2 aliphatic heterocycles. The number of nitrogens with one attached hydrogen (secondary N) is 1. The molecule has 1 fully saturated rings. The minimum absolute atomic E-state index is 0.00946. The second-order valence-corrected chi connectivity index (χ2v) is 8.74. The molecule has 1 atom stereocenters. The van der Waals surface area contributed by atoms with E-state index in [-0.39, 0.29) is 17.9 Å². The van der Waals surface area contributed by atoms with Crippen LogP contribution in [0, 0.1) is 5.92 Å². The summed E-state index contributed by atoms with van der Waals surface area (Å²) >= 11 is 1.73. The van der Waals surface area contributed by atoms with Gasteiger partial charge in [-0.3, -0.25) is 4.79 Å². The van der Waals surface area contributed by atoms with Crippen molar-refractivity contribution in [2.75, 3.05) is 24.2 Å². The average molecular weight is 416 g/mol. The molecule has 7 heteroatoms. The smallest absolute Gasteiger partial charge is 0.338 e. The Balaban J connectivity index is 1.90. The van der Waals surface area contributed by atoms with Gasteiger partial charge in [0.15, 0.2) is 5.17 Å². The van der Waals surface area contributed by atoms with Gasteiger partial charge >= 0.3 is 5.97 Å². The minimum atomic E-state index is -0.317. The van der Waals surface area contributed by atoms with Gasteiger partial charge in [0.1, 0.15) is 0 Å². The van der Waals surface area contributed by atoms with Crippen molar-refractivity contribution >= 4 is 34.5 Å². The topological polar surface area (TPSA) is 71.0 Å². The number of allylic oxidation sites excluding steroid dienone is 1. The fraction of sp³-hybridized carbons (Fsp3) is 0.500. The van der Waals surface area contributed by atoms with Crippen molar-refractivity contribution in [3.63, 3.8) is 0 Å². The zero-order chi connectivity index (χ0) is 21.0. The lowest BCUT2D eigenvalue weighted by molar-refractivity contribution is -0.139. The molecule has 0 aromatic heterocycles. The molecular formula is C22H29N3O3S. The molecule has 1 amide bonds. The van der Waals surface area contributed by atoms with Gasteiger partial charge in [0.05, 0.1) is 23.9 Å². The second-order valence-electron chi connectivity index (χ2n) is 7.68. The van der Waals surface area contributed by atoms with Crippen LogP contribution < -0.4 is 5.32 Å². The first-order valence-electron chi connectivity index (χ1n) is 10.2. The quantitative estimate of drug-likeness (QED) is 0.699. The number of aliphatic imine (C=N–C) groups is 1. The Kier molecular flexibility index (Phi) is 7.00. The number of amidine groups is 1. The van der Waals surface area contributed by atoms with Crippen LogP contribution in [0.15, 0.2) is 40.5 Å². The highest BCUT2D eigenvalue weighted by Gasteiger charge is 2.37. The fourth-order valence-corrected chi connectivity index (χ4v) is 4.64. The van der Waals surface area contributed by atoms with Crippen molar-refractivity contribution in [3.8, 4) is 0 Å². The molecule has 1 aromatic carbocycles. The summed E-state index contributed by atoms with van der Waals surface area (Å²) in [5.74, 6) is 1.04. The molecule has 29 heavy (non-hydrogen) atoms. The number of carbonyl (C=O) groups excluding carboxylic acids is 2. The van der Waals surface area contributed by atoms with Gasteiger partial charge < -0.3 is 15.0 Å². The molecule has 3 rings (SSSR count). The minimum Gasteiger partial charge on any atom is -0.463 e. The summed E-state index contributed by atoms with van der Waals surface area (Å²) in [6, 6.07) is 7.52. The molecule has 0 unspecified atom stereocenters. The zero-order valence-electron chi connectivity index (χ0n) is 17.5. The Morgan fingerprint density at radius 2 is 2.03 bits per heavy atom. The van der Waals surface area contributed by atoms with Crippen LogP contribution in [0.2, 0.25) is 0 Å². The van der Waals surface area contributed by atoms with Crippen molar-refractivity contribution in [2.24, 2.45) is 10.9 Å². The van der Waals surface area contributed by atoms with Crippen LogP contribution in [0.4, 0.5) is 5.69 Å². The average Bonchev–Trinajstić information content (AvgIpc) is 2.67. The maximum absolute atomic E-state index is 12.7. The number of carbonyl (C=O) groups is 2. The zero-order valence-corrected chi connectivity index (χ0v) is 18.3. The van der Waals surface area contributed by atoms with Crippen molar-refractivity contribution in [1.82, 2.24) is 4.90 Å². The van der Waals surface area contributed by atoms with E-state index in [0.717, 1.165) is 35.1 Å². The summed E-state index contributed by atoms with van der Waals surface area (Å²) in [6.45, 7) is 8.90. The van der Waals surface area contributed by atoms with E-state index in [9.17, 15) is 9.59 Å². The van der Waals surface area contributed by atoms with Crippen molar-refractivity contribution < 1.29 is 14.3 Å². The first kappa shape index (κ1) is 21.4. The number of thioether (sulfide) groups is 1. The summed E-state index contributed by atoms with van der Waals surface area (Å²) in [5, 5.41) is 3.90. The van der Waals surface area contributed by atoms with Crippen LogP contribution in [0.3, 0.4) is 0 Å². The highest BCUT2D eigenvalue weighted by molar-refractivity contribution is 8.13. The highest BCUT2D eigenvalue weighted by Crippen LogP contribution is 2.40. The van der Waals surface area contributed by atoms with Crippen LogP contribution >= 0.6 is 11.8 Å². The molecule has 2 heterocycles. The molecule has 156 valence electrons. The van der Waals surface area contributed by atoms with Crippen molar-refractivity contribution in [1.29, 1.82) is 0 Å². The van der Waals surface area contributed by atoms with Gasteiger partial charge in [-0.2, -0.15) is 0 Å². The van der Waals surface area contributed by atoms with Crippen molar-refractivity contribution in [2.45, 2.75) is 46.6 Å². The van der Waals surface area contributed by atoms with Crippen LogP contribution in [-0.2, 0) is 14.3 Å². The Labute approximate surface area is 176 Å². The number of fused-ring (bicyclic) bond motifs is 1. The Hall–Kier alpha value is -2.28. The van der Waals surface area contributed by atoms with Gasteiger partial charge in [0.25, 0.3) is 0 Å². The molecule has 1 saturated heterocycles. The van der Waals surface area contributed by atoms with E-state index in [2.05, 4.69) is 15.2 Å². The molecule has 6 nitrogen and oxygen atoms in total. The number of nitrogens with zero attached hydrogens (tertiary/aromatic N) is 2. The predicted molar refractivity (Wildman–Crippen MR) is 118 cm³/mol. The lowest BCUT2D eigenvalue weighted by atomic mass is 9.94. The van der Waals surface area contributed by atoms with Crippen molar-refractivity contribution in [3.05, 3.63) is 41.1 Å². The van der Waals surface area contributed by atoms with E-state index in [1.165, 1.54) is 0 Å². The number of esters is 1. The van der Waals surface area contributed by atoms with Gasteiger partial charge in [-0.15, -0.1) is 0 Å². The number of anilines is 1. The Bertz CT molecular complexity index is 830. The molecule has 2 aliphatic rings. The summed E-state index contributed by atoms with van der Waals surface area (Å²) in [6.07, 6.45) is 1.53. The maximum Gasteiger partial charge on any atom is 0.338 e. The fourth-order valence-electron chi connectivity index (χ4n) is 3.62. The van der Waals surface area contributed by atoms with E-state index in [1.54, 1.807) is 11.8 Å². The Morgan fingerprint density at radius 1 is 1.31 bits per heavy atom. The van der Waals surface area contributed by atoms with E-state index in [1.807, 2.05) is 52.0 Å². The summed E-state index contributed by atoms with van der Waals surface area (Å²) in [7, 11) is 0. The van der Waals surface area contributed by atoms with E-state index >= 15 is 0 Å². The normalized spacial score (nSPS) is 19.0. The number of rotatable bonds is 6. The molecule has 0 spiro atoms. The maximum atomic E-state index is 12.7. The first-order valence-corrected chi connectivity index (χ1v) is 11.1. The van der Waals surface area contributed by atoms with Gasteiger partial charge in [-0.05, 0) is 43.9 Å². The number of hydrogen-bond donors (Lipinski definition) is 1. The second kappa shape index (κ2) is 9.48. The largest absolute Gasteiger partial charge is 0.463 e. The van der Waals surface area contributed by atoms with Gasteiger partial charge in [-0.25, -0.2) is 9.79 Å². The van der Waals surface area contributed by atoms with Gasteiger partial charge in [-0.1, -0.05) is 37.7 Å².